The quantitative estimate of drug-likeness (QED) is 0.608. The topological polar surface area (TPSA) is 0 Å². The Labute approximate surface area is 117 Å². The molecule has 0 amide bonds. The van der Waals surface area contributed by atoms with Crippen LogP contribution in [0.3, 0.4) is 0 Å². The van der Waals surface area contributed by atoms with E-state index in [1.807, 2.05) is 0 Å². The van der Waals surface area contributed by atoms with E-state index in [9.17, 15) is 0 Å². The van der Waals surface area contributed by atoms with Crippen molar-refractivity contribution in [3.63, 3.8) is 0 Å². The van der Waals surface area contributed by atoms with Crippen LogP contribution in [0.4, 0.5) is 0 Å². The highest BCUT2D eigenvalue weighted by Crippen LogP contribution is 2.38. The minimum absolute atomic E-state index is 0.221. The third-order valence-corrected chi connectivity index (χ3v) is 4.61. The highest BCUT2D eigenvalue weighted by molar-refractivity contribution is 6.21. The van der Waals surface area contributed by atoms with E-state index in [1.165, 1.54) is 43.2 Å². The minimum atomic E-state index is 0.221. The Hall–Kier alpha value is -0.490. The van der Waals surface area contributed by atoms with Crippen LogP contribution in [0.25, 0.3) is 0 Å². The lowest BCUT2D eigenvalue weighted by Gasteiger charge is -2.26. The molecule has 0 N–H and O–H groups in total. The molecule has 100 valence electrons. The molecule has 0 nitrogen and oxygen atoms in total. The predicted molar refractivity (Wildman–Crippen MR) is 80.2 cm³/mol. The van der Waals surface area contributed by atoms with E-state index in [2.05, 4.69) is 38.1 Å². The lowest BCUT2D eigenvalue weighted by Crippen LogP contribution is -2.12. The van der Waals surface area contributed by atoms with Gasteiger partial charge in [0, 0.05) is 0 Å². The lowest BCUT2D eigenvalue weighted by atomic mass is 9.84. The fourth-order valence-corrected chi connectivity index (χ4v) is 3.41. The molecule has 1 unspecified atom stereocenters. The molecule has 1 saturated carbocycles. The largest absolute Gasteiger partial charge is 0.118 e. The van der Waals surface area contributed by atoms with E-state index in [0.717, 1.165) is 12.3 Å². The zero-order chi connectivity index (χ0) is 13.0. The molecule has 0 heterocycles. The monoisotopic (exact) mass is 264 g/mol. The summed E-state index contributed by atoms with van der Waals surface area (Å²) in [6.07, 6.45) is 7.90. The second kappa shape index (κ2) is 6.61. The van der Waals surface area contributed by atoms with Gasteiger partial charge in [0.2, 0.25) is 0 Å². The summed E-state index contributed by atoms with van der Waals surface area (Å²) in [6, 6.07) is 9.00. The van der Waals surface area contributed by atoms with Crippen molar-refractivity contribution in [2.24, 2.45) is 11.8 Å². The molecule has 1 heteroatoms. The van der Waals surface area contributed by atoms with Crippen LogP contribution in [0.5, 0.6) is 0 Å². The molecule has 1 aromatic carbocycles. The number of benzene rings is 1. The molecule has 0 spiro atoms. The number of hydrogen-bond acceptors (Lipinski definition) is 0. The van der Waals surface area contributed by atoms with E-state index >= 15 is 0 Å². The molecule has 0 radical (unpaired) electrons. The van der Waals surface area contributed by atoms with E-state index < -0.39 is 0 Å². The van der Waals surface area contributed by atoms with Crippen LogP contribution in [0.2, 0.25) is 0 Å². The van der Waals surface area contributed by atoms with Gasteiger partial charge >= 0.3 is 0 Å². The van der Waals surface area contributed by atoms with Gasteiger partial charge in [-0.3, -0.25) is 0 Å². The van der Waals surface area contributed by atoms with Crippen LogP contribution >= 0.6 is 11.6 Å². The van der Waals surface area contributed by atoms with Crippen molar-refractivity contribution in [3.05, 3.63) is 35.4 Å². The third kappa shape index (κ3) is 3.75. The highest BCUT2D eigenvalue weighted by atomic mass is 35.5. The molecule has 0 aromatic heterocycles. The first-order valence-corrected chi connectivity index (χ1v) is 7.83. The van der Waals surface area contributed by atoms with Gasteiger partial charge in [-0.1, -0.05) is 57.4 Å². The van der Waals surface area contributed by atoms with Crippen molar-refractivity contribution in [1.29, 1.82) is 0 Å². The van der Waals surface area contributed by atoms with Gasteiger partial charge in [0.05, 0.1) is 5.38 Å². The van der Waals surface area contributed by atoms with Crippen molar-refractivity contribution >= 4 is 11.6 Å². The summed E-state index contributed by atoms with van der Waals surface area (Å²) in [6.45, 7) is 4.53. The van der Waals surface area contributed by atoms with Gasteiger partial charge in [0.1, 0.15) is 0 Å². The van der Waals surface area contributed by atoms with E-state index in [1.54, 1.807) is 0 Å². The van der Waals surface area contributed by atoms with E-state index in [-0.39, 0.29) is 5.38 Å². The Morgan fingerprint density at radius 2 is 1.67 bits per heavy atom. The fourth-order valence-electron chi connectivity index (χ4n) is 3.01. The van der Waals surface area contributed by atoms with Crippen LogP contribution in [-0.2, 0) is 6.42 Å². The Kier molecular flexibility index (Phi) is 5.12. The summed E-state index contributed by atoms with van der Waals surface area (Å²) in [5.74, 6) is 1.41. The number of alkyl halides is 1. The lowest BCUT2D eigenvalue weighted by molar-refractivity contribution is 0.348. The van der Waals surface area contributed by atoms with Gasteiger partial charge < -0.3 is 0 Å². The highest BCUT2D eigenvalue weighted by Gasteiger charge is 2.22. The third-order valence-electron chi connectivity index (χ3n) is 4.01. The first kappa shape index (κ1) is 13.9. The van der Waals surface area contributed by atoms with Crippen LogP contribution in [0.15, 0.2) is 24.3 Å². The first-order chi connectivity index (χ1) is 8.66. The molecule has 18 heavy (non-hydrogen) atoms. The Bertz CT molecular complexity index is 346. The molecule has 0 aliphatic heterocycles. The van der Waals surface area contributed by atoms with Gasteiger partial charge in [0.25, 0.3) is 0 Å². The standard InChI is InChI=1S/C17H25Cl/c1-13(2)12-14-8-10-16(11-9-14)17(18)15-6-4-3-5-7-15/h8-11,13,15,17H,3-7,12H2,1-2H3. The van der Waals surface area contributed by atoms with Crippen molar-refractivity contribution < 1.29 is 0 Å². The van der Waals surface area contributed by atoms with Crippen molar-refractivity contribution in [2.75, 3.05) is 0 Å². The second-order valence-electron chi connectivity index (χ2n) is 6.14. The molecule has 1 aliphatic carbocycles. The summed E-state index contributed by atoms with van der Waals surface area (Å²) in [7, 11) is 0. The average molecular weight is 265 g/mol. The van der Waals surface area contributed by atoms with Crippen LogP contribution in [-0.4, -0.2) is 0 Å². The van der Waals surface area contributed by atoms with Gasteiger partial charge in [-0.25, -0.2) is 0 Å². The number of rotatable bonds is 4. The summed E-state index contributed by atoms with van der Waals surface area (Å²) >= 11 is 6.64. The zero-order valence-corrected chi connectivity index (χ0v) is 12.4. The fraction of sp³-hybridized carbons (Fsp3) is 0.647. The second-order valence-corrected chi connectivity index (χ2v) is 6.61. The van der Waals surface area contributed by atoms with Gasteiger partial charge in [0.15, 0.2) is 0 Å². The van der Waals surface area contributed by atoms with Crippen LogP contribution in [0.1, 0.15) is 62.5 Å². The maximum atomic E-state index is 6.64. The van der Waals surface area contributed by atoms with Gasteiger partial charge in [-0.2, -0.15) is 0 Å². The minimum Gasteiger partial charge on any atom is -0.118 e. The number of hydrogen-bond donors (Lipinski definition) is 0. The van der Waals surface area contributed by atoms with Crippen molar-refractivity contribution in [3.8, 4) is 0 Å². The normalized spacial score (nSPS) is 19.1. The van der Waals surface area contributed by atoms with Crippen molar-refractivity contribution in [2.45, 2.75) is 57.7 Å². The Morgan fingerprint density at radius 1 is 1.06 bits per heavy atom. The molecular weight excluding hydrogens is 240 g/mol. The van der Waals surface area contributed by atoms with Gasteiger partial charge in [-0.15, -0.1) is 11.6 Å². The molecule has 2 rings (SSSR count). The smallest absolute Gasteiger partial charge is 0.0613 e. The molecule has 1 fully saturated rings. The molecule has 0 saturated heterocycles. The summed E-state index contributed by atoms with van der Waals surface area (Å²) in [5, 5.41) is 0.221. The van der Waals surface area contributed by atoms with Crippen LogP contribution < -0.4 is 0 Å². The Balaban J connectivity index is 1.99. The summed E-state index contributed by atoms with van der Waals surface area (Å²) in [4.78, 5) is 0. The first-order valence-electron chi connectivity index (χ1n) is 7.39. The maximum Gasteiger partial charge on any atom is 0.0613 e. The Morgan fingerprint density at radius 3 is 2.22 bits per heavy atom. The molecular formula is C17H25Cl. The summed E-state index contributed by atoms with van der Waals surface area (Å²) in [5.41, 5.74) is 2.75. The molecule has 0 bridgehead atoms. The zero-order valence-electron chi connectivity index (χ0n) is 11.7. The van der Waals surface area contributed by atoms with E-state index in [4.69, 9.17) is 11.6 Å². The molecule has 1 aromatic rings. The summed E-state index contributed by atoms with van der Waals surface area (Å²) < 4.78 is 0. The van der Waals surface area contributed by atoms with E-state index in [0.29, 0.717) is 5.92 Å². The van der Waals surface area contributed by atoms with Crippen molar-refractivity contribution in [1.82, 2.24) is 0 Å². The van der Waals surface area contributed by atoms with Gasteiger partial charge in [-0.05, 0) is 42.2 Å². The van der Waals surface area contributed by atoms with Crippen LogP contribution in [0, 0.1) is 11.8 Å². The predicted octanol–water partition coefficient (Wildman–Crippen LogP) is 5.75. The molecule has 1 aliphatic rings. The average Bonchev–Trinajstić information content (AvgIpc) is 2.39. The SMILES string of the molecule is CC(C)Cc1ccc(C(Cl)C2CCCCC2)cc1. The number of halogens is 1. The maximum absolute atomic E-state index is 6.64. The molecule has 1 atom stereocenters.